The summed E-state index contributed by atoms with van der Waals surface area (Å²) in [7, 11) is -1.97. The zero-order valence-corrected chi connectivity index (χ0v) is 23.8. The Morgan fingerprint density at radius 1 is 1.08 bits per heavy atom. The minimum Gasteiger partial charge on any atom is -0.494 e. The van der Waals surface area contributed by atoms with Crippen LogP contribution in [0.4, 0.5) is 11.4 Å². The van der Waals surface area contributed by atoms with E-state index < -0.39 is 10.0 Å². The van der Waals surface area contributed by atoms with E-state index in [0.717, 1.165) is 46.7 Å². The molecule has 1 aliphatic heterocycles. The number of ether oxygens (including phenoxy) is 1. The Kier molecular flexibility index (Phi) is 7.28. The van der Waals surface area contributed by atoms with E-state index >= 15 is 0 Å². The highest BCUT2D eigenvalue weighted by molar-refractivity contribution is 7.92. The Balaban J connectivity index is 1.62. The first-order chi connectivity index (χ1) is 18.7. The molecule has 1 aromatic carbocycles. The molecule has 0 saturated carbocycles. The number of rotatable bonds is 8. The number of methoxy groups -OCH3 is 1. The molecule has 39 heavy (non-hydrogen) atoms. The van der Waals surface area contributed by atoms with Crippen LogP contribution in [0.1, 0.15) is 40.3 Å². The maximum absolute atomic E-state index is 11.9. The number of sulfonamides is 1. The highest BCUT2D eigenvalue weighted by Gasteiger charge is 2.42. The lowest BCUT2D eigenvalue weighted by atomic mass is 9.96. The fourth-order valence-corrected chi connectivity index (χ4v) is 6.02. The summed E-state index contributed by atoms with van der Waals surface area (Å²) in [6, 6.07) is 17.0. The number of aromatic nitrogens is 3. The van der Waals surface area contributed by atoms with Crippen molar-refractivity contribution in [1.82, 2.24) is 19.9 Å². The Labute approximate surface area is 233 Å². The van der Waals surface area contributed by atoms with Crippen molar-refractivity contribution in [2.45, 2.75) is 32.5 Å². The number of hydrogen-bond donors (Lipinski definition) is 2. The van der Waals surface area contributed by atoms with Crippen molar-refractivity contribution in [3.8, 4) is 5.75 Å². The van der Waals surface area contributed by atoms with Crippen molar-refractivity contribution in [2.24, 2.45) is 0 Å². The molecular weight excluding hydrogens is 532 g/mol. The molecule has 4 aromatic rings. The van der Waals surface area contributed by atoms with Gasteiger partial charge in [-0.3, -0.25) is 14.7 Å². The van der Waals surface area contributed by atoms with Gasteiger partial charge in [-0.1, -0.05) is 6.07 Å². The van der Waals surface area contributed by atoms with E-state index in [9.17, 15) is 8.42 Å². The second kappa shape index (κ2) is 10.7. The van der Waals surface area contributed by atoms with E-state index in [4.69, 9.17) is 17.0 Å². The van der Waals surface area contributed by atoms with Crippen LogP contribution in [0.3, 0.4) is 0 Å². The molecule has 0 bridgehead atoms. The van der Waals surface area contributed by atoms with Gasteiger partial charge in [-0.25, -0.2) is 8.42 Å². The topological polar surface area (TPSA) is 101 Å². The van der Waals surface area contributed by atoms with Crippen LogP contribution in [0.25, 0.3) is 0 Å². The number of pyridine rings is 2. The van der Waals surface area contributed by atoms with Crippen molar-refractivity contribution >= 4 is 38.7 Å². The Bertz CT molecular complexity index is 1610. The third-order valence-electron chi connectivity index (χ3n) is 6.88. The van der Waals surface area contributed by atoms with Gasteiger partial charge in [0, 0.05) is 48.3 Å². The quantitative estimate of drug-likeness (QED) is 0.303. The molecule has 2 atom stereocenters. The first-order valence-corrected chi connectivity index (χ1v) is 14.7. The van der Waals surface area contributed by atoms with Crippen LogP contribution in [0.2, 0.25) is 0 Å². The predicted octanol–water partition coefficient (Wildman–Crippen LogP) is 4.50. The fraction of sp³-hybridized carbons (Fsp3) is 0.250. The summed E-state index contributed by atoms with van der Waals surface area (Å²) in [4.78, 5) is 10.8. The summed E-state index contributed by atoms with van der Waals surface area (Å²) in [6.45, 7) is 4.95. The van der Waals surface area contributed by atoms with Crippen LogP contribution >= 0.6 is 12.2 Å². The lowest BCUT2D eigenvalue weighted by Crippen LogP contribution is -2.29. The van der Waals surface area contributed by atoms with Crippen LogP contribution in [0.5, 0.6) is 5.75 Å². The van der Waals surface area contributed by atoms with Gasteiger partial charge in [-0.05, 0) is 79.7 Å². The van der Waals surface area contributed by atoms with Gasteiger partial charge in [0.25, 0.3) is 0 Å². The van der Waals surface area contributed by atoms with E-state index in [1.165, 1.54) is 7.11 Å². The third kappa shape index (κ3) is 5.45. The third-order valence-corrected chi connectivity index (χ3v) is 7.78. The molecule has 9 nitrogen and oxygen atoms in total. The Morgan fingerprint density at radius 2 is 1.85 bits per heavy atom. The molecule has 0 aliphatic carbocycles. The second-order valence-corrected chi connectivity index (χ2v) is 11.7. The standard InChI is InChI=1S/C28H30N6O3S2/c1-18-15-22(19(2)33(18)17-20-10-13-29-14-11-20)27-26(24-7-5-6-12-30-24)31-28(38)34(27)21-8-9-23(25(16-21)37-3)32-39(4,35)36/h5-16,26-27,32H,17H2,1-4H3,(H,31,38). The Hall–Kier alpha value is -3.96. The Morgan fingerprint density at radius 3 is 2.51 bits per heavy atom. The molecule has 1 saturated heterocycles. The monoisotopic (exact) mass is 562 g/mol. The summed E-state index contributed by atoms with van der Waals surface area (Å²) >= 11 is 5.89. The smallest absolute Gasteiger partial charge is 0.229 e. The molecule has 1 fully saturated rings. The molecule has 2 N–H and O–H groups in total. The average molecular weight is 563 g/mol. The normalized spacial score (nSPS) is 17.2. The molecule has 5 rings (SSSR count). The zero-order chi connectivity index (χ0) is 27.7. The van der Waals surface area contributed by atoms with Crippen LogP contribution in [0, 0.1) is 13.8 Å². The van der Waals surface area contributed by atoms with Gasteiger partial charge in [0.1, 0.15) is 5.75 Å². The van der Waals surface area contributed by atoms with E-state index in [2.05, 4.69) is 49.4 Å². The molecule has 1 aliphatic rings. The molecule has 0 radical (unpaired) electrons. The SMILES string of the molecule is COc1cc(N2C(=S)NC(c3ccccn3)C2c2cc(C)n(Cc3ccncc3)c2C)ccc1NS(C)(=O)=O. The summed E-state index contributed by atoms with van der Waals surface area (Å²) in [5.74, 6) is 0.393. The lowest BCUT2D eigenvalue weighted by Gasteiger charge is -2.29. The van der Waals surface area contributed by atoms with Crippen molar-refractivity contribution in [3.05, 3.63) is 101 Å². The van der Waals surface area contributed by atoms with E-state index in [1.807, 2.05) is 36.4 Å². The number of hydrogen-bond acceptors (Lipinski definition) is 6. The summed E-state index contributed by atoms with van der Waals surface area (Å²) in [6.07, 6.45) is 6.49. The lowest BCUT2D eigenvalue weighted by molar-refractivity contribution is 0.417. The zero-order valence-electron chi connectivity index (χ0n) is 22.1. The largest absolute Gasteiger partial charge is 0.494 e. The van der Waals surface area contributed by atoms with Crippen molar-refractivity contribution < 1.29 is 13.2 Å². The second-order valence-electron chi connectivity index (χ2n) is 9.52. The molecule has 0 amide bonds. The summed E-state index contributed by atoms with van der Waals surface area (Å²) < 4.78 is 34.1. The highest BCUT2D eigenvalue weighted by Crippen LogP contribution is 2.44. The van der Waals surface area contributed by atoms with Crippen LogP contribution in [-0.2, 0) is 16.6 Å². The summed E-state index contributed by atoms with van der Waals surface area (Å²) in [5, 5.41) is 4.03. The van der Waals surface area contributed by atoms with E-state index in [0.29, 0.717) is 16.5 Å². The maximum Gasteiger partial charge on any atom is 0.229 e. The number of anilines is 2. The van der Waals surface area contributed by atoms with Gasteiger partial charge in [0.15, 0.2) is 5.11 Å². The summed E-state index contributed by atoms with van der Waals surface area (Å²) in [5.41, 5.74) is 6.52. The number of benzene rings is 1. The van der Waals surface area contributed by atoms with Crippen LogP contribution in [0.15, 0.2) is 73.2 Å². The van der Waals surface area contributed by atoms with E-state index in [-0.39, 0.29) is 12.1 Å². The molecule has 2 unspecified atom stereocenters. The van der Waals surface area contributed by atoms with Crippen molar-refractivity contribution in [2.75, 3.05) is 23.0 Å². The number of aryl methyl sites for hydroxylation is 1. The molecule has 202 valence electrons. The predicted molar refractivity (Wildman–Crippen MR) is 157 cm³/mol. The minimum absolute atomic E-state index is 0.214. The molecule has 3 aromatic heterocycles. The van der Waals surface area contributed by atoms with Gasteiger partial charge in [-0.15, -0.1) is 0 Å². The number of thiocarbonyl (C=S) groups is 1. The van der Waals surface area contributed by atoms with Crippen molar-refractivity contribution in [3.63, 3.8) is 0 Å². The average Bonchev–Trinajstić information content (AvgIpc) is 3.40. The molecule has 0 spiro atoms. The maximum atomic E-state index is 11.9. The molecular formula is C28H30N6O3S2. The number of nitrogens with one attached hydrogen (secondary N) is 2. The first kappa shape index (κ1) is 26.6. The number of nitrogens with zero attached hydrogens (tertiary/aromatic N) is 4. The molecule has 4 heterocycles. The van der Waals surface area contributed by atoms with Gasteiger partial charge < -0.3 is 19.5 Å². The fourth-order valence-electron chi connectivity index (χ4n) is 5.10. The van der Waals surface area contributed by atoms with Gasteiger partial charge in [0.2, 0.25) is 10.0 Å². The van der Waals surface area contributed by atoms with Gasteiger partial charge >= 0.3 is 0 Å². The van der Waals surface area contributed by atoms with Crippen LogP contribution < -0.4 is 19.7 Å². The van der Waals surface area contributed by atoms with E-state index in [1.54, 1.807) is 30.7 Å². The van der Waals surface area contributed by atoms with Crippen molar-refractivity contribution in [1.29, 1.82) is 0 Å². The molecule has 11 heteroatoms. The highest BCUT2D eigenvalue weighted by atomic mass is 32.2. The van der Waals surface area contributed by atoms with Crippen LogP contribution in [-0.4, -0.2) is 41.4 Å². The minimum atomic E-state index is -3.48. The first-order valence-electron chi connectivity index (χ1n) is 12.4. The van der Waals surface area contributed by atoms with Gasteiger partial charge in [-0.2, -0.15) is 0 Å². The van der Waals surface area contributed by atoms with Gasteiger partial charge in [0.05, 0.1) is 36.8 Å².